The van der Waals surface area contributed by atoms with Crippen LogP contribution in [-0.2, 0) is 13.0 Å². The minimum Gasteiger partial charge on any atom is -0.370 e. The third-order valence-electron chi connectivity index (χ3n) is 4.20. The number of hydrogen-bond donors (Lipinski definition) is 1. The van der Waals surface area contributed by atoms with E-state index in [2.05, 4.69) is 51.9 Å². The predicted molar refractivity (Wildman–Crippen MR) is 83.6 cm³/mol. The van der Waals surface area contributed by atoms with Crippen LogP contribution in [0.1, 0.15) is 48.3 Å². The van der Waals surface area contributed by atoms with Crippen LogP contribution >= 0.6 is 0 Å². The summed E-state index contributed by atoms with van der Waals surface area (Å²) >= 11 is 0. The summed E-state index contributed by atoms with van der Waals surface area (Å²) in [6, 6.07) is 2.09. The molecule has 0 aliphatic heterocycles. The molecule has 2 aromatic rings. The van der Waals surface area contributed by atoms with Crippen LogP contribution in [0.3, 0.4) is 0 Å². The van der Waals surface area contributed by atoms with Crippen molar-refractivity contribution in [3.05, 3.63) is 35.0 Å². The summed E-state index contributed by atoms with van der Waals surface area (Å²) in [5.41, 5.74) is 4.94. The summed E-state index contributed by atoms with van der Waals surface area (Å²) in [5.74, 6) is 1.60. The Hall–Kier alpha value is -1.91. The molecule has 1 N–H and O–H groups in total. The summed E-state index contributed by atoms with van der Waals surface area (Å²) < 4.78 is 2.07. The zero-order valence-electron chi connectivity index (χ0n) is 13.1. The monoisotopic (exact) mass is 285 g/mol. The zero-order chi connectivity index (χ0) is 14.8. The van der Waals surface area contributed by atoms with Crippen molar-refractivity contribution in [2.75, 3.05) is 11.9 Å². The molecule has 0 atom stereocenters. The summed E-state index contributed by atoms with van der Waals surface area (Å²) in [4.78, 5) is 8.65. The van der Waals surface area contributed by atoms with Crippen molar-refractivity contribution in [2.24, 2.45) is 0 Å². The standard InChI is InChI=1S/C16H23N5/c1-4-21-12(3)14(11(2)20-21)7-8-17-16-9-15(13-5-6-13)18-10-19-16/h9-10,13H,4-8H2,1-3H3,(H,17,18,19). The van der Waals surface area contributed by atoms with Crippen molar-refractivity contribution in [2.45, 2.75) is 52.5 Å². The predicted octanol–water partition coefficient (Wildman–Crippen LogP) is 2.84. The van der Waals surface area contributed by atoms with E-state index in [1.165, 1.54) is 29.8 Å². The molecule has 2 heterocycles. The van der Waals surface area contributed by atoms with Crippen molar-refractivity contribution < 1.29 is 0 Å². The van der Waals surface area contributed by atoms with E-state index in [4.69, 9.17) is 0 Å². The number of hydrogen-bond acceptors (Lipinski definition) is 4. The Labute approximate surface area is 125 Å². The lowest BCUT2D eigenvalue weighted by Crippen LogP contribution is -2.08. The summed E-state index contributed by atoms with van der Waals surface area (Å²) in [7, 11) is 0. The second-order valence-corrected chi connectivity index (χ2v) is 5.74. The molecule has 3 rings (SSSR count). The zero-order valence-corrected chi connectivity index (χ0v) is 13.1. The molecule has 0 aromatic carbocycles. The summed E-state index contributed by atoms with van der Waals surface area (Å²) in [5, 5.41) is 7.97. The number of aromatic nitrogens is 4. The van der Waals surface area contributed by atoms with Crippen molar-refractivity contribution in [1.82, 2.24) is 19.7 Å². The van der Waals surface area contributed by atoms with Gasteiger partial charge in [-0.3, -0.25) is 4.68 Å². The van der Waals surface area contributed by atoms with Crippen LogP contribution in [0.2, 0.25) is 0 Å². The van der Waals surface area contributed by atoms with Crippen LogP contribution in [0.5, 0.6) is 0 Å². The Morgan fingerprint density at radius 2 is 2.10 bits per heavy atom. The van der Waals surface area contributed by atoms with Crippen LogP contribution in [0, 0.1) is 13.8 Å². The van der Waals surface area contributed by atoms with Crippen LogP contribution in [-0.4, -0.2) is 26.3 Å². The van der Waals surface area contributed by atoms with Gasteiger partial charge < -0.3 is 5.32 Å². The van der Waals surface area contributed by atoms with E-state index in [0.717, 1.165) is 31.0 Å². The molecule has 21 heavy (non-hydrogen) atoms. The van der Waals surface area contributed by atoms with Gasteiger partial charge in [-0.1, -0.05) is 0 Å². The molecule has 0 spiro atoms. The Morgan fingerprint density at radius 3 is 2.76 bits per heavy atom. The largest absolute Gasteiger partial charge is 0.370 e. The molecule has 0 saturated heterocycles. The Balaban J connectivity index is 1.61. The van der Waals surface area contributed by atoms with Gasteiger partial charge in [-0.2, -0.15) is 5.10 Å². The van der Waals surface area contributed by atoms with Crippen molar-refractivity contribution in [3.63, 3.8) is 0 Å². The number of rotatable bonds is 6. The number of nitrogens with one attached hydrogen (secondary N) is 1. The number of anilines is 1. The molecule has 0 radical (unpaired) electrons. The van der Waals surface area contributed by atoms with Gasteiger partial charge >= 0.3 is 0 Å². The highest BCUT2D eigenvalue weighted by Gasteiger charge is 2.25. The van der Waals surface area contributed by atoms with E-state index < -0.39 is 0 Å². The third kappa shape index (κ3) is 3.06. The van der Waals surface area contributed by atoms with E-state index in [0.29, 0.717) is 5.92 Å². The van der Waals surface area contributed by atoms with Crippen LogP contribution < -0.4 is 5.32 Å². The molecule has 5 heteroatoms. The Kier molecular flexibility index (Phi) is 3.90. The molecule has 112 valence electrons. The Bertz CT molecular complexity index is 628. The first-order valence-electron chi connectivity index (χ1n) is 7.77. The minimum absolute atomic E-state index is 0.667. The number of aryl methyl sites for hydroxylation is 2. The third-order valence-corrected chi connectivity index (χ3v) is 4.20. The van der Waals surface area contributed by atoms with Crippen molar-refractivity contribution in [1.29, 1.82) is 0 Å². The molecule has 0 bridgehead atoms. The fraction of sp³-hybridized carbons (Fsp3) is 0.562. The average molecular weight is 285 g/mol. The van der Waals surface area contributed by atoms with Crippen LogP contribution in [0.15, 0.2) is 12.4 Å². The van der Waals surface area contributed by atoms with E-state index in [9.17, 15) is 0 Å². The maximum atomic E-state index is 4.56. The van der Waals surface area contributed by atoms with Gasteiger partial charge in [-0.25, -0.2) is 9.97 Å². The molecule has 1 aliphatic carbocycles. The van der Waals surface area contributed by atoms with Gasteiger partial charge in [-0.15, -0.1) is 0 Å². The quantitative estimate of drug-likeness (QED) is 0.886. The first-order chi connectivity index (χ1) is 10.2. The molecular weight excluding hydrogens is 262 g/mol. The molecule has 5 nitrogen and oxygen atoms in total. The maximum absolute atomic E-state index is 4.56. The van der Waals surface area contributed by atoms with Crippen LogP contribution in [0.25, 0.3) is 0 Å². The first kappa shape index (κ1) is 14.0. The van der Waals surface area contributed by atoms with Crippen molar-refractivity contribution >= 4 is 5.82 Å². The smallest absolute Gasteiger partial charge is 0.129 e. The molecular formula is C16H23N5. The fourth-order valence-corrected chi connectivity index (χ4v) is 2.79. The van der Waals surface area contributed by atoms with Gasteiger partial charge in [-0.05, 0) is 45.6 Å². The molecule has 1 aliphatic rings. The minimum atomic E-state index is 0.667. The molecule has 1 saturated carbocycles. The van der Waals surface area contributed by atoms with E-state index >= 15 is 0 Å². The highest BCUT2D eigenvalue weighted by Crippen LogP contribution is 2.39. The topological polar surface area (TPSA) is 55.6 Å². The molecule has 1 fully saturated rings. The summed E-state index contributed by atoms with van der Waals surface area (Å²) in [6.07, 6.45) is 5.18. The van der Waals surface area contributed by atoms with Crippen LogP contribution in [0.4, 0.5) is 5.82 Å². The second-order valence-electron chi connectivity index (χ2n) is 5.74. The lowest BCUT2D eigenvalue weighted by atomic mass is 10.1. The average Bonchev–Trinajstić information content (AvgIpc) is 3.29. The first-order valence-corrected chi connectivity index (χ1v) is 7.77. The van der Waals surface area contributed by atoms with E-state index in [-0.39, 0.29) is 0 Å². The highest BCUT2D eigenvalue weighted by atomic mass is 15.3. The van der Waals surface area contributed by atoms with E-state index in [1.807, 2.05) is 0 Å². The van der Waals surface area contributed by atoms with Gasteiger partial charge in [0.15, 0.2) is 0 Å². The van der Waals surface area contributed by atoms with Gasteiger partial charge in [0.25, 0.3) is 0 Å². The molecule has 0 amide bonds. The van der Waals surface area contributed by atoms with Crippen molar-refractivity contribution in [3.8, 4) is 0 Å². The maximum Gasteiger partial charge on any atom is 0.129 e. The number of nitrogens with zero attached hydrogens (tertiary/aromatic N) is 4. The second kappa shape index (κ2) is 5.84. The van der Waals surface area contributed by atoms with Gasteiger partial charge in [0.1, 0.15) is 12.1 Å². The Morgan fingerprint density at radius 1 is 1.29 bits per heavy atom. The highest BCUT2D eigenvalue weighted by molar-refractivity contribution is 5.37. The lowest BCUT2D eigenvalue weighted by Gasteiger charge is -2.07. The normalized spacial score (nSPS) is 14.4. The van der Waals surface area contributed by atoms with E-state index in [1.54, 1.807) is 6.33 Å². The van der Waals surface area contributed by atoms with Gasteiger partial charge in [0.05, 0.1) is 5.69 Å². The SMILES string of the molecule is CCn1nc(C)c(CCNc2cc(C3CC3)ncn2)c1C. The van der Waals surface area contributed by atoms with Gasteiger partial charge in [0, 0.05) is 36.5 Å². The molecule has 2 aromatic heterocycles. The fourth-order valence-electron chi connectivity index (χ4n) is 2.79. The lowest BCUT2D eigenvalue weighted by molar-refractivity contribution is 0.633. The summed E-state index contributed by atoms with van der Waals surface area (Å²) in [6.45, 7) is 8.16. The van der Waals surface area contributed by atoms with Gasteiger partial charge in [0.2, 0.25) is 0 Å². The molecule has 0 unspecified atom stereocenters.